The van der Waals surface area contributed by atoms with E-state index in [4.69, 9.17) is 16.6 Å². The van der Waals surface area contributed by atoms with Gasteiger partial charge in [-0.05, 0) is 75.2 Å². The number of halogens is 1. The molecule has 1 atom stereocenters. The van der Waals surface area contributed by atoms with Gasteiger partial charge in [0.15, 0.2) is 17.0 Å². The molecule has 0 bridgehead atoms. The summed E-state index contributed by atoms with van der Waals surface area (Å²) < 4.78 is 2.28. The first-order valence-electron chi connectivity index (χ1n) is 14.3. The molecular weight excluding hydrogens is 498 g/mol. The van der Waals surface area contributed by atoms with Gasteiger partial charge in [-0.2, -0.15) is 0 Å². The molecule has 2 fully saturated rings. The summed E-state index contributed by atoms with van der Waals surface area (Å²) in [5, 5.41) is 4.09. The van der Waals surface area contributed by atoms with Crippen LogP contribution in [0.3, 0.4) is 0 Å². The Hall–Kier alpha value is -2.71. The van der Waals surface area contributed by atoms with Gasteiger partial charge < -0.3 is 14.8 Å². The van der Waals surface area contributed by atoms with Gasteiger partial charge >= 0.3 is 0 Å². The van der Waals surface area contributed by atoms with Crippen molar-refractivity contribution in [3.63, 3.8) is 0 Å². The molecule has 2 aromatic heterocycles. The Morgan fingerprint density at radius 2 is 1.92 bits per heavy atom. The van der Waals surface area contributed by atoms with Crippen molar-refractivity contribution in [2.24, 2.45) is 11.8 Å². The minimum absolute atomic E-state index is 0.0166. The summed E-state index contributed by atoms with van der Waals surface area (Å²) in [7, 11) is 0. The number of anilines is 1. The average molecular weight is 536 g/mol. The highest BCUT2D eigenvalue weighted by atomic mass is 35.5. The second kappa shape index (κ2) is 11.6. The van der Waals surface area contributed by atoms with Crippen molar-refractivity contribution in [1.82, 2.24) is 29.7 Å². The fraction of sp³-hybridized carbons (Fsp3) is 0.586. The van der Waals surface area contributed by atoms with Crippen molar-refractivity contribution in [3.8, 4) is 0 Å². The van der Waals surface area contributed by atoms with E-state index in [2.05, 4.69) is 41.8 Å². The molecular formula is C29H38ClN7O. The molecule has 0 saturated carbocycles. The number of piperidine rings is 2. The third-order valence-electron chi connectivity index (χ3n) is 8.53. The number of hydrogen-bond acceptors (Lipinski definition) is 6. The number of likely N-dealkylation sites (tertiary alicyclic amines) is 1. The SMILES string of the molecule is O=C(NCC1CCN(Cc2cccc(Cl)c2)CC1)[C@H]1CCCN(c2ncnc3c2nc2n3CCCCC2)C1. The van der Waals surface area contributed by atoms with Gasteiger partial charge in [0, 0.05) is 44.2 Å². The van der Waals surface area contributed by atoms with E-state index in [0.717, 1.165) is 99.2 Å². The van der Waals surface area contributed by atoms with Crippen LogP contribution in [0, 0.1) is 11.8 Å². The summed E-state index contributed by atoms with van der Waals surface area (Å²) in [4.78, 5) is 32.2. The number of amides is 1. The van der Waals surface area contributed by atoms with Crippen molar-refractivity contribution < 1.29 is 4.79 Å². The minimum Gasteiger partial charge on any atom is -0.356 e. The molecule has 9 heteroatoms. The molecule has 0 spiro atoms. The van der Waals surface area contributed by atoms with Gasteiger partial charge in [-0.25, -0.2) is 15.0 Å². The molecule has 2 saturated heterocycles. The van der Waals surface area contributed by atoms with E-state index >= 15 is 0 Å². The third-order valence-corrected chi connectivity index (χ3v) is 8.77. The van der Waals surface area contributed by atoms with Crippen LogP contribution in [0.25, 0.3) is 11.2 Å². The number of nitrogens with one attached hydrogen (secondary N) is 1. The Morgan fingerprint density at radius 1 is 1.03 bits per heavy atom. The zero-order valence-electron chi connectivity index (χ0n) is 22.1. The van der Waals surface area contributed by atoms with Crippen molar-refractivity contribution in [1.29, 1.82) is 0 Å². The molecule has 1 aromatic carbocycles. The number of benzene rings is 1. The van der Waals surface area contributed by atoms with E-state index in [1.807, 2.05) is 12.1 Å². The molecule has 202 valence electrons. The number of carbonyl (C=O) groups excluding carboxylic acids is 1. The van der Waals surface area contributed by atoms with Crippen LogP contribution in [-0.2, 0) is 24.3 Å². The predicted octanol–water partition coefficient (Wildman–Crippen LogP) is 4.45. The largest absolute Gasteiger partial charge is 0.356 e. The van der Waals surface area contributed by atoms with Crippen LogP contribution >= 0.6 is 11.6 Å². The number of fused-ring (bicyclic) bond motifs is 3. The molecule has 5 heterocycles. The molecule has 3 aliphatic heterocycles. The lowest BCUT2D eigenvalue weighted by Gasteiger charge is -2.34. The predicted molar refractivity (Wildman–Crippen MR) is 150 cm³/mol. The smallest absolute Gasteiger partial charge is 0.224 e. The van der Waals surface area contributed by atoms with Crippen LogP contribution in [0.5, 0.6) is 0 Å². The quantitative estimate of drug-likeness (QED) is 0.502. The van der Waals surface area contributed by atoms with Crippen molar-refractivity contribution in [2.45, 2.75) is 64.5 Å². The van der Waals surface area contributed by atoms with E-state index in [1.165, 1.54) is 24.8 Å². The minimum atomic E-state index is -0.0166. The van der Waals surface area contributed by atoms with E-state index in [-0.39, 0.29) is 11.8 Å². The maximum atomic E-state index is 13.2. The van der Waals surface area contributed by atoms with Gasteiger partial charge in [0.05, 0.1) is 5.92 Å². The Labute approximate surface area is 229 Å². The van der Waals surface area contributed by atoms with Crippen molar-refractivity contribution in [3.05, 3.63) is 47.0 Å². The van der Waals surface area contributed by atoms with Crippen LogP contribution in [0.2, 0.25) is 5.02 Å². The number of aromatic nitrogens is 4. The summed E-state index contributed by atoms with van der Waals surface area (Å²) in [6, 6.07) is 8.13. The molecule has 38 heavy (non-hydrogen) atoms. The van der Waals surface area contributed by atoms with Gasteiger partial charge in [0.2, 0.25) is 5.91 Å². The Kier molecular flexibility index (Phi) is 7.79. The van der Waals surface area contributed by atoms with Crippen LogP contribution < -0.4 is 10.2 Å². The third kappa shape index (κ3) is 5.66. The summed E-state index contributed by atoms with van der Waals surface area (Å²) in [5.41, 5.74) is 3.11. The van der Waals surface area contributed by atoms with Crippen LogP contribution in [0.15, 0.2) is 30.6 Å². The van der Waals surface area contributed by atoms with Crippen LogP contribution in [-0.4, -0.2) is 63.0 Å². The molecule has 0 radical (unpaired) electrons. The average Bonchev–Trinajstić information content (AvgIpc) is 3.13. The summed E-state index contributed by atoms with van der Waals surface area (Å²) in [6.45, 7) is 6.40. The first kappa shape index (κ1) is 25.6. The van der Waals surface area contributed by atoms with Crippen LogP contribution in [0.1, 0.15) is 56.3 Å². The lowest BCUT2D eigenvalue weighted by molar-refractivity contribution is -0.125. The molecule has 8 nitrogen and oxygen atoms in total. The first-order valence-corrected chi connectivity index (χ1v) is 14.7. The Morgan fingerprint density at radius 3 is 2.79 bits per heavy atom. The molecule has 0 aliphatic carbocycles. The topological polar surface area (TPSA) is 79.2 Å². The number of nitrogens with zero attached hydrogens (tertiary/aromatic N) is 6. The van der Waals surface area contributed by atoms with E-state index in [9.17, 15) is 4.79 Å². The van der Waals surface area contributed by atoms with Crippen molar-refractivity contribution >= 4 is 34.5 Å². The molecule has 0 unspecified atom stereocenters. The molecule has 3 aromatic rings. The number of rotatable bonds is 6. The zero-order chi connectivity index (χ0) is 25.9. The maximum absolute atomic E-state index is 13.2. The van der Waals surface area contributed by atoms with Gasteiger partial charge in [-0.3, -0.25) is 9.69 Å². The van der Waals surface area contributed by atoms with Gasteiger partial charge in [-0.15, -0.1) is 0 Å². The first-order chi connectivity index (χ1) is 18.6. The highest BCUT2D eigenvalue weighted by Crippen LogP contribution is 2.29. The maximum Gasteiger partial charge on any atom is 0.224 e. The molecule has 1 amide bonds. The van der Waals surface area contributed by atoms with Crippen molar-refractivity contribution in [2.75, 3.05) is 37.6 Å². The second-order valence-electron chi connectivity index (χ2n) is 11.2. The molecule has 1 N–H and O–H groups in total. The Bertz CT molecular complexity index is 1270. The molecule has 6 rings (SSSR count). The second-order valence-corrected chi connectivity index (χ2v) is 11.7. The Balaban J connectivity index is 1.02. The zero-order valence-corrected chi connectivity index (χ0v) is 22.9. The number of imidazole rings is 1. The number of hydrogen-bond donors (Lipinski definition) is 1. The van der Waals surface area contributed by atoms with E-state index in [1.54, 1.807) is 6.33 Å². The summed E-state index contributed by atoms with van der Waals surface area (Å²) >= 11 is 6.14. The lowest BCUT2D eigenvalue weighted by atomic mass is 9.94. The highest BCUT2D eigenvalue weighted by Gasteiger charge is 2.30. The summed E-state index contributed by atoms with van der Waals surface area (Å²) in [5.74, 6) is 2.72. The highest BCUT2D eigenvalue weighted by molar-refractivity contribution is 6.30. The lowest BCUT2D eigenvalue weighted by Crippen LogP contribution is -2.45. The monoisotopic (exact) mass is 535 g/mol. The number of aryl methyl sites for hydroxylation is 2. The fourth-order valence-corrected chi connectivity index (χ4v) is 6.58. The summed E-state index contributed by atoms with van der Waals surface area (Å²) in [6.07, 6.45) is 10.4. The molecule has 3 aliphatic rings. The number of carbonyl (C=O) groups is 1. The van der Waals surface area contributed by atoms with E-state index in [0.29, 0.717) is 12.5 Å². The standard InChI is InChI=1S/C29H38ClN7O/c30-24-8-4-6-22(16-24)18-35-14-10-21(11-15-35)17-31-29(38)23-7-5-12-36(19-23)27-26-28(33-20-32-27)37-13-3-1-2-9-25(37)34-26/h4,6,8,16,20-21,23H,1-3,5,7,9-15,17-19H2,(H,31,38)/t23-/m0/s1. The normalized spacial score (nSPS) is 21.3. The van der Waals surface area contributed by atoms with Gasteiger partial charge in [0.25, 0.3) is 0 Å². The van der Waals surface area contributed by atoms with E-state index < -0.39 is 0 Å². The van der Waals surface area contributed by atoms with Gasteiger partial charge in [0.1, 0.15) is 12.2 Å². The fourth-order valence-electron chi connectivity index (χ4n) is 6.37. The van der Waals surface area contributed by atoms with Gasteiger partial charge in [-0.1, -0.05) is 30.2 Å². The van der Waals surface area contributed by atoms with Crippen LogP contribution in [0.4, 0.5) is 5.82 Å².